The number of hydrazone groups is 1. The Kier molecular flexibility index (Phi) is 5.92. The Morgan fingerprint density at radius 1 is 1.04 bits per heavy atom. The summed E-state index contributed by atoms with van der Waals surface area (Å²) in [5.74, 6) is 0.497. The van der Waals surface area contributed by atoms with Gasteiger partial charge in [-0.15, -0.1) is 12.4 Å². The quantitative estimate of drug-likeness (QED) is 0.758. The Bertz CT molecular complexity index is 775. The van der Waals surface area contributed by atoms with E-state index in [-0.39, 0.29) is 17.8 Å². The Morgan fingerprint density at radius 2 is 1.67 bits per heavy atom. The first-order valence-electron chi connectivity index (χ1n) is 9.69. The van der Waals surface area contributed by atoms with Crippen molar-refractivity contribution in [2.24, 2.45) is 11.0 Å². The van der Waals surface area contributed by atoms with Gasteiger partial charge in [0.15, 0.2) is 0 Å². The lowest BCUT2D eigenvalue weighted by molar-refractivity contribution is 0.229. The lowest BCUT2D eigenvalue weighted by Gasteiger charge is -2.43. The lowest BCUT2D eigenvalue weighted by Crippen LogP contribution is -2.49. The molecule has 1 aliphatic carbocycles. The van der Waals surface area contributed by atoms with Gasteiger partial charge in [0.1, 0.15) is 0 Å². The molecule has 4 rings (SSSR count). The number of benzene rings is 2. The van der Waals surface area contributed by atoms with E-state index in [9.17, 15) is 0 Å². The second-order valence-corrected chi connectivity index (χ2v) is 8.10. The van der Waals surface area contributed by atoms with E-state index in [1.54, 1.807) is 0 Å². The zero-order valence-corrected chi connectivity index (χ0v) is 17.3. The fraction of sp³-hybridized carbons (Fsp3) is 0.435. The largest absolute Gasteiger partial charge is 0.308 e. The first kappa shape index (κ1) is 19.9. The average molecular weight is 384 g/mol. The standard InChI is InChI=1S/C23H29N3.ClH/c1-25(2)17-23(19-13-8-5-9-14-19)16-10-15-20-21(26(3)24-22(20)23)18-11-6-4-7-12-18;/h4-9,11-14,20-21H,10,15-17H2,1-3H3;1H. The Balaban J connectivity index is 0.00000210. The molecule has 3 unspecified atom stereocenters. The van der Waals surface area contributed by atoms with Gasteiger partial charge < -0.3 is 4.90 Å². The molecule has 1 saturated carbocycles. The van der Waals surface area contributed by atoms with Crippen LogP contribution in [0.4, 0.5) is 0 Å². The zero-order chi connectivity index (χ0) is 18.1. The van der Waals surface area contributed by atoms with E-state index < -0.39 is 0 Å². The number of hydrogen-bond donors (Lipinski definition) is 0. The Morgan fingerprint density at radius 3 is 2.30 bits per heavy atom. The third kappa shape index (κ3) is 3.51. The molecule has 1 fully saturated rings. The van der Waals surface area contributed by atoms with Gasteiger partial charge in [-0.2, -0.15) is 5.10 Å². The molecule has 0 spiro atoms. The molecule has 2 aromatic rings. The molecule has 0 N–H and O–H groups in total. The molecule has 0 bridgehead atoms. The molecule has 3 nitrogen and oxygen atoms in total. The van der Waals surface area contributed by atoms with Crippen molar-refractivity contribution in [2.45, 2.75) is 30.7 Å². The van der Waals surface area contributed by atoms with Crippen LogP contribution < -0.4 is 0 Å². The molecule has 3 atom stereocenters. The van der Waals surface area contributed by atoms with Crippen LogP contribution in [0.3, 0.4) is 0 Å². The van der Waals surface area contributed by atoms with Crippen LogP contribution in [0, 0.1) is 5.92 Å². The first-order chi connectivity index (χ1) is 12.6. The van der Waals surface area contributed by atoms with E-state index in [0.29, 0.717) is 12.0 Å². The van der Waals surface area contributed by atoms with E-state index in [4.69, 9.17) is 5.10 Å². The zero-order valence-electron chi connectivity index (χ0n) is 16.5. The molecule has 1 heterocycles. The van der Waals surface area contributed by atoms with Gasteiger partial charge in [-0.25, -0.2) is 0 Å². The summed E-state index contributed by atoms with van der Waals surface area (Å²) in [5, 5.41) is 7.39. The van der Waals surface area contributed by atoms with Crippen LogP contribution in [0.5, 0.6) is 0 Å². The maximum absolute atomic E-state index is 5.17. The van der Waals surface area contributed by atoms with Crippen LogP contribution in [0.15, 0.2) is 65.8 Å². The van der Waals surface area contributed by atoms with Crippen molar-refractivity contribution >= 4 is 18.1 Å². The number of likely N-dealkylation sites (N-methyl/N-ethyl adjacent to an activating group) is 1. The van der Waals surface area contributed by atoms with Crippen LogP contribution in [0.2, 0.25) is 0 Å². The summed E-state index contributed by atoms with van der Waals surface area (Å²) in [4.78, 5) is 2.33. The van der Waals surface area contributed by atoms with E-state index in [0.717, 1.165) is 6.54 Å². The summed E-state index contributed by atoms with van der Waals surface area (Å²) in [6.45, 7) is 1.02. The highest BCUT2D eigenvalue weighted by atomic mass is 35.5. The summed E-state index contributed by atoms with van der Waals surface area (Å²) >= 11 is 0. The van der Waals surface area contributed by atoms with Crippen molar-refractivity contribution in [2.75, 3.05) is 27.7 Å². The third-order valence-corrected chi connectivity index (χ3v) is 6.06. The predicted octanol–water partition coefficient (Wildman–Crippen LogP) is 4.75. The third-order valence-electron chi connectivity index (χ3n) is 6.06. The van der Waals surface area contributed by atoms with Gasteiger partial charge in [0, 0.05) is 24.9 Å². The van der Waals surface area contributed by atoms with Crippen LogP contribution >= 0.6 is 12.4 Å². The van der Waals surface area contributed by atoms with Gasteiger partial charge in [0.25, 0.3) is 0 Å². The lowest BCUT2D eigenvalue weighted by atomic mass is 9.62. The van der Waals surface area contributed by atoms with E-state index >= 15 is 0 Å². The van der Waals surface area contributed by atoms with Gasteiger partial charge in [-0.05, 0) is 38.1 Å². The summed E-state index contributed by atoms with van der Waals surface area (Å²) in [6.07, 6.45) is 3.66. The highest BCUT2D eigenvalue weighted by molar-refractivity contribution is 5.99. The van der Waals surface area contributed by atoms with Crippen molar-refractivity contribution in [1.29, 1.82) is 0 Å². The summed E-state index contributed by atoms with van der Waals surface area (Å²) < 4.78 is 0. The second kappa shape index (κ2) is 8.04. The van der Waals surface area contributed by atoms with Gasteiger partial charge in [0.05, 0.1) is 11.8 Å². The molecule has 2 aromatic carbocycles. The smallest absolute Gasteiger partial charge is 0.0798 e. The monoisotopic (exact) mass is 383 g/mol. The summed E-state index contributed by atoms with van der Waals surface area (Å²) in [6, 6.07) is 22.3. The predicted molar refractivity (Wildman–Crippen MR) is 116 cm³/mol. The summed E-state index contributed by atoms with van der Waals surface area (Å²) in [7, 11) is 6.51. The normalized spacial score (nSPS) is 27.1. The second-order valence-electron chi connectivity index (χ2n) is 8.10. The molecule has 0 radical (unpaired) electrons. The SMILES string of the molecule is CN(C)CC1(c2ccccc2)CCCC2C1=NN(C)C2c1ccccc1.Cl. The minimum Gasteiger partial charge on any atom is -0.308 e. The molecule has 144 valence electrons. The van der Waals surface area contributed by atoms with Crippen LogP contribution in [-0.2, 0) is 5.41 Å². The fourth-order valence-electron chi connectivity index (χ4n) is 5.15. The Labute approximate surface area is 169 Å². The molecule has 1 aliphatic heterocycles. The number of halogens is 1. The van der Waals surface area contributed by atoms with Crippen LogP contribution in [0.25, 0.3) is 0 Å². The number of rotatable bonds is 4. The van der Waals surface area contributed by atoms with Gasteiger partial charge in [-0.1, -0.05) is 67.1 Å². The van der Waals surface area contributed by atoms with Crippen molar-refractivity contribution in [3.63, 3.8) is 0 Å². The summed E-state index contributed by atoms with van der Waals surface area (Å²) in [5.41, 5.74) is 4.21. The molecule has 4 heteroatoms. The van der Waals surface area contributed by atoms with E-state index in [1.807, 2.05) is 0 Å². The molecule has 0 aromatic heterocycles. The number of nitrogens with zero attached hydrogens (tertiary/aromatic N) is 3. The highest BCUT2D eigenvalue weighted by Crippen LogP contribution is 2.49. The molecule has 2 aliphatic rings. The van der Waals surface area contributed by atoms with E-state index in [1.165, 1.54) is 36.1 Å². The maximum atomic E-state index is 5.17. The highest BCUT2D eigenvalue weighted by Gasteiger charge is 2.50. The van der Waals surface area contributed by atoms with Crippen molar-refractivity contribution in [1.82, 2.24) is 9.91 Å². The average Bonchev–Trinajstić information content (AvgIpc) is 3.00. The molecular weight excluding hydrogens is 354 g/mol. The minimum atomic E-state index is 0. The van der Waals surface area contributed by atoms with Crippen molar-refractivity contribution in [3.05, 3.63) is 71.8 Å². The minimum absolute atomic E-state index is 0. The topological polar surface area (TPSA) is 18.8 Å². The Hall–Kier alpha value is -1.84. The van der Waals surface area contributed by atoms with Crippen LogP contribution in [-0.4, -0.2) is 43.3 Å². The number of hydrogen-bond acceptors (Lipinski definition) is 3. The molecule has 0 saturated heterocycles. The van der Waals surface area contributed by atoms with Crippen molar-refractivity contribution < 1.29 is 0 Å². The van der Waals surface area contributed by atoms with Gasteiger partial charge in [0.2, 0.25) is 0 Å². The number of fused-ring (bicyclic) bond motifs is 1. The van der Waals surface area contributed by atoms with Crippen LogP contribution in [0.1, 0.15) is 36.4 Å². The van der Waals surface area contributed by atoms with E-state index in [2.05, 4.69) is 91.7 Å². The van der Waals surface area contributed by atoms with Crippen molar-refractivity contribution in [3.8, 4) is 0 Å². The first-order valence-corrected chi connectivity index (χ1v) is 9.69. The maximum Gasteiger partial charge on any atom is 0.0798 e. The molecule has 27 heavy (non-hydrogen) atoms. The van der Waals surface area contributed by atoms with Gasteiger partial charge >= 0.3 is 0 Å². The fourth-order valence-corrected chi connectivity index (χ4v) is 5.15. The van der Waals surface area contributed by atoms with Gasteiger partial charge in [-0.3, -0.25) is 5.01 Å². The molecule has 0 amide bonds. The molecular formula is C23H30ClN3.